The van der Waals surface area contributed by atoms with Crippen LogP contribution in [0.1, 0.15) is 18.9 Å². The molecule has 6 nitrogen and oxygen atoms in total. The van der Waals surface area contributed by atoms with Gasteiger partial charge in [0.1, 0.15) is 5.01 Å². The van der Waals surface area contributed by atoms with Crippen molar-refractivity contribution in [2.24, 2.45) is 0 Å². The summed E-state index contributed by atoms with van der Waals surface area (Å²) in [5.74, 6) is -0.0520. The Kier molecular flexibility index (Phi) is 9.73. The van der Waals surface area contributed by atoms with E-state index < -0.39 is 0 Å². The quantitative estimate of drug-likeness (QED) is 0.463. The summed E-state index contributed by atoms with van der Waals surface area (Å²) < 4.78 is 9.97. The molecule has 0 spiro atoms. The number of rotatable bonds is 10. The van der Waals surface area contributed by atoms with Gasteiger partial charge >= 0.3 is 6.01 Å². The van der Waals surface area contributed by atoms with Crippen molar-refractivity contribution in [1.82, 2.24) is 14.3 Å². The predicted octanol–water partition coefficient (Wildman–Crippen LogP) is 4.53. The minimum Gasteiger partial charge on any atom is -0.463 e. The van der Waals surface area contributed by atoms with Gasteiger partial charge < -0.3 is 15.0 Å². The van der Waals surface area contributed by atoms with E-state index in [1.165, 1.54) is 24.0 Å². The molecule has 0 radical (unpaired) electrons. The second-order valence-corrected chi connectivity index (χ2v) is 7.63. The van der Waals surface area contributed by atoms with Crippen molar-refractivity contribution in [2.75, 3.05) is 32.1 Å². The van der Waals surface area contributed by atoms with Gasteiger partial charge in [-0.1, -0.05) is 42.5 Å². The Bertz CT molecular complexity index is 903. The van der Waals surface area contributed by atoms with E-state index in [9.17, 15) is 4.79 Å². The molecule has 30 heavy (non-hydrogen) atoms. The minimum atomic E-state index is -0.0520. The van der Waals surface area contributed by atoms with Crippen LogP contribution in [-0.4, -0.2) is 46.9 Å². The fourth-order valence-corrected chi connectivity index (χ4v) is 3.47. The number of halogens is 1. The van der Waals surface area contributed by atoms with Crippen molar-refractivity contribution >= 4 is 35.5 Å². The lowest BCUT2D eigenvalue weighted by Gasteiger charge is -2.16. The zero-order valence-electron chi connectivity index (χ0n) is 17.2. The summed E-state index contributed by atoms with van der Waals surface area (Å²) in [6.45, 7) is 4.02. The highest BCUT2D eigenvalue weighted by atomic mass is 35.5. The molecule has 0 bridgehead atoms. The molecule has 0 aliphatic rings. The van der Waals surface area contributed by atoms with E-state index in [1.54, 1.807) is 0 Å². The highest BCUT2D eigenvalue weighted by molar-refractivity contribution is 7.09. The Balaban J connectivity index is 0.00000320. The molecule has 3 rings (SSSR count). The van der Waals surface area contributed by atoms with E-state index in [4.69, 9.17) is 4.74 Å². The van der Waals surface area contributed by atoms with Gasteiger partial charge in [0.25, 0.3) is 0 Å². The van der Waals surface area contributed by atoms with Crippen LogP contribution in [0.2, 0.25) is 0 Å². The first-order valence-electron chi connectivity index (χ1n) is 9.67. The Hall–Kier alpha value is -2.48. The van der Waals surface area contributed by atoms with Crippen LogP contribution in [0.25, 0.3) is 10.6 Å². The summed E-state index contributed by atoms with van der Waals surface area (Å²) in [7, 11) is 2.11. The highest BCUT2D eigenvalue weighted by Gasteiger charge is 2.07. The van der Waals surface area contributed by atoms with Gasteiger partial charge in [0.05, 0.1) is 6.61 Å². The maximum absolute atomic E-state index is 11.1. The van der Waals surface area contributed by atoms with Crippen LogP contribution >= 0.6 is 23.9 Å². The van der Waals surface area contributed by atoms with Gasteiger partial charge in [0.2, 0.25) is 5.91 Å². The van der Waals surface area contributed by atoms with E-state index in [0.29, 0.717) is 12.6 Å². The lowest BCUT2D eigenvalue weighted by Crippen LogP contribution is -2.23. The van der Waals surface area contributed by atoms with Crippen molar-refractivity contribution in [2.45, 2.75) is 19.8 Å². The first kappa shape index (κ1) is 23.8. The molecule has 1 aromatic heterocycles. The zero-order valence-corrected chi connectivity index (χ0v) is 18.8. The third-order valence-electron chi connectivity index (χ3n) is 4.40. The van der Waals surface area contributed by atoms with Gasteiger partial charge in [0, 0.05) is 31.3 Å². The predicted molar refractivity (Wildman–Crippen MR) is 125 cm³/mol. The van der Waals surface area contributed by atoms with Crippen LogP contribution in [0.4, 0.5) is 5.69 Å². The van der Waals surface area contributed by atoms with Crippen molar-refractivity contribution in [3.8, 4) is 16.6 Å². The molecule has 160 valence electrons. The van der Waals surface area contributed by atoms with Crippen LogP contribution in [0.5, 0.6) is 6.01 Å². The van der Waals surface area contributed by atoms with Crippen LogP contribution in [0.3, 0.4) is 0 Å². The normalized spacial score (nSPS) is 10.5. The van der Waals surface area contributed by atoms with Crippen molar-refractivity contribution in [1.29, 1.82) is 0 Å². The number of carbonyl (C=O) groups is 1. The molecule has 0 unspecified atom stereocenters. The summed E-state index contributed by atoms with van der Waals surface area (Å²) >= 11 is 1.36. The molecule has 0 fully saturated rings. The molecule has 0 saturated heterocycles. The number of likely N-dealkylation sites (N-methyl/N-ethyl adjacent to an activating group) is 1. The SMILES string of the molecule is CC(=O)Nc1ccc(CCN(C)CCCOc2nsc(-c3ccccc3)n2)cc1.Cl. The van der Waals surface area contributed by atoms with Crippen molar-refractivity contribution in [3.05, 3.63) is 60.2 Å². The zero-order chi connectivity index (χ0) is 20.5. The number of ether oxygens (including phenoxy) is 1. The molecule has 0 aliphatic carbocycles. The van der Waals surface area contributed by atoms with E-state index in [0.717, 1.165) is 42.2 Å². The maximum Gasteiger partial charge on any atom is 0.328 e. The van der Waals surface area contributed by atoms with Crippen molar-refractivity contribution in [3.63, 3.8) is 0 Å². The highest BCUT2D eigenvalue weighted by Crippen LogP contribution is 2.23. The summed E-state index contributed by atoms with van der Waals surface area (Å²) in [6, 6.07) is 18.5. The first-order chi connectivity index (χ1) is 14.1. The number of hydrogen-bond donors (Lipinski definition) is 1. The summed E-state index contributed by atoms with van der Waals surface area (Å²) in [6.07, 6.45) is 1.88. The average molecular weight is 447 g/mol. The molecule has 3 aromatic rings. The molecule has 0 atom stereocenters. The van der Waals surface area contributed by atoms with Gasteiger partial charge in [-0.3, -0.25) is 4.79 Å². The third-order valence-corrected chi connectivity index (χ3v) is 5.15. The van der Waals surface area contributed by atoms with Crippen LogP contribution in [0.15, 0.2) is 54.6 Å². The number of nitrogens with one attached hydrogen (secondary N) is 1. The molecule has 0 saturated carbocycles. The largest absolute Gasteiger partial charge is 0.463 e. The Labute approximate surface area is 187 Å². The smallest absolute Gasteiger partial charge is 0.328 e. The number of hydrogen-bond acceptors (Lipinski definition) is 6. The van der Waals surface area contributed by atoms with Gasteiger partial charge in [0.15, 0.2) is 0 Å². The second kappa shape index (κ2) is 12.3. The topological polar surface area (TPSA) is 67.4 Å². The summed E-state index contributed by atoms with van der Waals surface area (Å²) in [4.78, 5) is 17.8. The number of amides is 1. The Morgan fingerprint density at radius 3 is 2.53 bits per heavy atom. The van der Waals surface area contributed by atoms with E-state index in [1.807, 2.05) is 42.5 Å². The Morgan fingerprint density at radius 1 is 1.10 bits per heavy atom. The molecule has 8 heteroatoms. The van der Waals surface area contributed by atoms with E-state index >= 15 is 0 Å². The molecular weight excluding hydrogens is 420 g/mol. The lowest BCUT2D eigenvalue weighted by molar-refractivity contribution is -0.114. The number of aromatic nitrogens is 2. The van der Waals surface area contributed by atoms with Gasteiger partial charge in [-0.25, -0.2) is 0 Å². The molecule has 1 heterocycles. The van der Waals surface area contributed by atoms with Gasteiger partial charge in [-0.15, -0.1) is 16.8 Å². The number of nitrogens with zero attached hydrogens (tertiary/aromatic N) is 3. The summed E-state index contributed by atoms with van der Waals surface area (Å²) in [5, 5.41) is 3.66. The van der Waals surface area contributed by atoms with Gasteiger partial charge in [-0.05, 0) is 49.1 Å². The number of anilines is 1. The fourth-order valence-electron chi connectivity index (χ4n) is 2.85. The lowest BCUT2D eigenvalue weighted by atomic mass is 10.1. The second-order valence-electron chi connectivity index (χ2n) is 6.88. The number of benzene rings is 2. The standard InChI is InChI=1S/C22H26N4O2S.ClH/c1-17(27)23-20-11-9-18(10-12-20)13-15-26(2)14-6-16-28-22-24-21(29-25-22)19-7-4-3-5-8-19;/h3-5,7-12H,6,13-16H2,1-2H3,(H,23,27);1H. The third kappa shape index (κ3) is 7.74. The van der Waals surface area contributed by atoms with E-state index in [2.05, 4.69) is 38.8 Å². The van der Waals surface area contributed by atoms with Gasteiger partial charge in [-0.2, -0.15) is 4.98 Å². The van der Waals surface area contributed by atoms with E-state index in [-0.39, 0.29) is 18.3 Å². The van der Waals surface area contributed by atoms with Crippen molar-refractivity contribution < 1.29 is 9.53 Å². The van der Waals surface area contributed by atoms with Crippen LogP contribution in [-0.2, 0) is 11.2 Å². The first-order valence-corrected chi connectivity index (χ1v) is 10.4. The van der Waals surface area contributed by atoms with Crippen LogP contribution in [0, 0.1) is 0 Å². The molecule has 1 amide bonds. The van der Waals surface area contributed by atoms with Crippen LogP contribution < -0.4 is 10.1 Å². The minimum absolute atomic E-state index is 0. The molecular formula is C22H27ClN4O2S. The number of carbonyl (C=O) groups excluding carboxylic acids is 1. The molecule has 1 N–H and O–H groups in total. The monoisotopic (exact) mass is 446 g/mol. The Morgan fingerprint density at radius 2 is 1.83 bits per heavy atom. The molecule has 2 aromatic carbocycles. The maximum atomic E-state index is 11.1. The average Bonchev–Trinajstić information content (AvgIpc) is 3.20. The summed E-state index contributed by atoms with van der Waals surface area (Å²) in [5.41, 5.74) is 3.14. The molecule has 0 aliphatic heterocycles. The fraction of sp³-hybridized carbons (Fsp3) is 0.318.